The van der Waals surface area contributed by atoms with Gasteiger partial charge >= 0.3 is 6.18 Å². The number of aliphatic hydroxyl groups is 1. The third kappa shape index (κ3) is 3.85. The second-order valence-electron chi connectivity index (χ2n) is 5.63. The van der Waals surface area contributed by atoms with Crippen molar-refractivity contribution in [2.45, 2.75) is 18.7 Å². The standard InChI is InChI=1S/C18H16F3NO4/c1-17(25,18(19,20)21)16(24)22-13-9-8-12(10-14(13)26-2)15(23)11-6-4-3-5-7-11/h3-10,25H,1-2H3,(H,22,24). The van der Waals surface area contributed by atoms with E-state index in [0.717, 1.165) is 0 Å². The van der Waals surface area contributed by atoms with E-state index in [1.807, 2.05) is 5.32 Å². The molecule has 2 N–H and O–H groups in total. The van der Waals surface area contributed by atoms with Crippen molar-refractivity contribution in [3.63, 3.8) is 0 Å². The SMILES string of the molecule is COc1cc(C(=O)c2ccccc2)ccc1NC(=O)C(C)(O)C(F)(F)F. The van der Waals surface area contributed by atoms with Gasteiger partial charge in [0.2, 0.25) is 5.60 Å². The Morgan fingerprint density at radius 2 is 1.65 bits per heavy atom. The van der Waals surface area contributed by atoms with Crippen molar-refractivity contribution in [2.75, 3.05) is 12.4 Å². The third-order valence-corrected chi connectivity index (χ3v) is 3.74. The molecule has 5 nitrogen and oxygen atoms in total. The molecular formula is C18H16F3NO4. The highest BCUT2D eigenvalue weighted by Crippen LogP contribution is 2.33. The van der Waals surface area contributed by atoms with Crippen LogP contribution in [0.3, 0.4) is 0 Å². The molecule has 2 aromatic rings. The van der Waals surface area contributed by atoms with Crippen LogP contribution >= 0.6 is 0 Å². The van der Waals surface area contributed by atoms with Crippen molar-refractivity contribution < 1.29 is 32.6 Å². The molecule has 2 rings (SSSR count). The van der Waals surface area contributed by atoms with Crippen molar-refractivity contribution >= 4 is 17.4 Å². The summed E-state index contributed by atoms with van der Waals surface area (Å²) in [5, 5.41) is 11.4. The van der Waals surface area contributed by atoms with E-state index in [2.05, 4.69) is 0 Å². The number of hydrogen-bond donors (Lipinski definition) is 2. The number of amides is 1. The van der Waals surface area contributed by atoms with Gasteiger partial charge in [-0.15, -0.1) is 0 Å². The minimum Gasteiger partial charge on any atom is -0.495 e. The second kappa shape index (κ2) is 7.17. The van der Waals surface area contributed by atoms with Gasteiger partial charge in [0.15, 0.2) is 5.78 Å². The first-order valence-corrected chi connectivity index (χ1v) is 7.46. The number of carbonyl (C=O) groups excluding carboxylic acids is 2. The summed E-state index contributed by atoms with van der Waals surface area (Å²) in [5.41, 5.74) is -3.03. The number of alkyl halides is 3. The number of anilines is 1. The zero-order valence-corrected chi connectivity index (χ0v) is 13.9. The summed E-state index contributed by atoms with van der Waals surface area (Å²) in [4.78, 5) is 24.2. The number of carbonyl (C=O) groups is 2. The Balaban J connectivity index is 2.30. The largest absolute Gasteiger partial charge is 0.495 e. The molecule has 1 atom stereocenters. The molecule has 0 aliphatic carbocycles. The van der Waals surface area contributed by atoms with Gasteiger partial charge in [0.1, 0.15) is 5.75 Å². The number of methoxy groups -OCH3 is 1. The van der Waals surface area contributed by atoms with Crippen LogP contribution in [-0.2, 0) is 4.79 Å². The summed E-state index contributed by atoms with van der Waals surface area (Å²) >= 11 is 0. The molecule has 1 amide bonds. The summed E-state index contributed by atoms with van der Waals surface area (Å²) < 4.78 is 43.3. The van der Waals surface area contributed by atoms with Gasteiger partial charge < -0.3 is 15.2 Å². The molecule has 0 aliphatic rings. The van der Waals surface area contributed by atoms with Crippen LogP contribution < -0.4 is 10.1 Å². The normalized spacial score (nSPS) is 13.6. The van der Waals surface area contributed by atoms with Crippen molar-refractivity contribution in [3.8, 4) is 5.75 Å². The number of benzene rings is 2. The van der Waals surface area contributed by atoms with Crippen molar-refractivity contribution in [1.29, 1.82) is 0 Å². The van der Waals surface area contributed by atoms with Gasteiger partial charge in [0, 0.05) is 11.1 Å². The molecule has 8 heteroatoms. The Morgan fingerprint density at radius 3 is 2.19 bits per heavy atom. The van der Waals surface area contributed by atoms with Crippen LogP contribution in [-0.4, -0.2) is 35.7 Å². The molecule has 0 bridgehead atoms. The maximum absolute atomic E-state index is 12.7. The molecule has 0 fully saturated rings. The number of ether oxygens (including phenoxy) is 1. The number of nitrogens with one attached hydrogen (secondary N) is 1. The maximum Gasteiger partial charge on any atom is 0.426 e. The molecule has 138 valence electrons. The van der Waals surface area contributed by atoms with Crippen LogP contribution in [0.25, 0.3) is 0 Å². The van der Waals surface area contributed by atoms with Gasteiger partial charge in [-0.3, -0.25) is 9.59 Å². The van der Waals surface area contributed by atoms with Crippen molar-refractivity contribution in [3.05, 3.63) is 59.7 Å². The van der Waals surface area contributed by atoms with E-state index in [-0.39, 0.29) is 22.8 Å². The monoisotopic (exact) mass is 367 g/mol. The average Bonchev–Trinajstić information content (AvgIpc) is 2.61. The fraction of sp³-hybridized carbons (Fsp3) is 0.222. The van der Waals surface area contributed by atoms with Gasteiger partial charge in [-0.2, -0.15) is 13.2 Å². The lowest BCUT2D eigenvalue weighted by Crippen LogP contribution is -2.52. The van der Waals surface area contributed by atoms with Gasteiger partial charge in [0.25, 0.3) is 5.91 Å². The van der Waals surface area contributed by atoms with Crippen molar-refractivity contribution in [1.82, 2.24) is 0 Å². The summed E-state index contributed by atoms with van der Waals surface area (Å²) in [5.74, 6) is -1.99. The number of hydrogen-bond acceptors (Lipinski definition) is 4. The highest BCUT2D eigenvalue weighted by molar-refractivity contribution is 6.09. The minimum atomic E-state index is -5.15. The Bertz CT molecular complexity index is 817. The molecule has 0 heterocycles. The van der Waals surface area contributed by atoms with Crippen molar-refractivity contribution in [2.24, 2.45) is 0 Å². The van der Waals surface area contributed by atoms with Gasteiger partial charge in [-0.1, -0.05) is 30.3 Å². The van der Waals surface area contributed by atoms with Crippen LogP contribution in [0.4, 0.5) is 18.9 Å². The Hall–Kier alpha value is -2.87. The molecule has 1 unspecified atom stereocenters. The number of ketones is 1. The molecule has 0 aliphatic heterocycles. The lowest BCUT2D eigenvalue weighted by atomic mass is 10.0. The van der Waals surface area contributed by atoms with Gasteiger partial charge in [-0.25, -0.2) is 0 Å². The van der Waals surface area contributed by atoms with E-state index >= 15 is 0 Å². The molecule has 0 aromatic heterocycles. The van der Waals surface area contributed by atoms with Crippen LogP contribution in [0.15, 0.2) is 48.5 Å². The molecule has 0 saturated heterocycles. The number of rotatable bonds is 5. The highest BCUT2D eigenvalue weighted by atomic mass is 19.4. The third-order valence-electron chi connectivity index (χ3n) is 3.74. The number of halogens is 3. The summed E-state index contributed by atoms with van der Waals surface area (Å²) in [6.07, 6.45) is -5.15. The van der Waals surface area contributed by atoms with Crippen LogP contribution in [0.2, 0.25) is 0 Å². The van der Waals surface area contributed by atoms with Gasteiger partial charge in [-0.05, 0) is 25.1 Å². The van der Waals surface area contributed by atoms with Gasteiger partial charge in [0.05, 0.1) is 12.8 Å². The smallest absolute Gasteiger partial charge is 0.426 e. The maximum atomic E-state index is 12.7. The average molecular weight is 367 g/mol. The minimum absolute atomic E-state index is 0.0156. The predicted octanol–water partition coefficient (Wildman–Crippen LogP) is 3.18. The van der Waals surface area contributed by atoms with Crippen LogP contribution in [0.5, 0.6) is 5.75 Å². The quantitative estimate of drug-likeness (QED) is 0.796. The summed E-state index contributed by atoms with van der Waals surface area (Å²) in [6, 6.07) is 12.2. The Morgan fingerprint density at radius 1 is 1.04 bits per heavy atom. The molecular weight excluding hydrogens is 351 g/mol. The first kappa shape index (κ1) is 19.5. The van der Waals surface area contributed by atoms with E-state index in [4.69, 9.17) is 4.74 Å². The van der Waals surface area contributed by atoms with E-state index in [0.29, 0.717) is 12.5 Å². The highest BCUT2D eigenvalue weighted by Gasteiger charge is 2.55. The van der Waals surface area contributed by atoms with E-state index in [1.165, 1.54) is 25.3 Å². The molecule has 0 spiro atoms. The molecule has 26 heavy (non-hydrogen) atoms. The lowest BCUT2D eigenvalue weighted by Gasteiger charge is -2.25. The fourth-order valence-corrected chi connectivity index (χ4v) is 2.06. The van der Waals surface area contributed by atoms with E-state index in [1.54, 1.807) is 30.3 Å². The predicted molar refractivity (Wildman–Crippen MR) is 88.2 cm³/mol. The van der Waals surface area contributed by atoms with E-state index < -0.39 is 17.7 Å². The Labute approximate surface area is 147 Å². The van der Waals surface area contributed by atoms with Crippen LogP contribution in [0, 0.1) is 0 Å². The molecule has 0 radical (unpaired) electrons. The summed E-state index contributed by atoms with van der Waals surface area (Å²) in [6.45, 7) is 0.349. The summed E-state index contributed by atoms with van der Waals surface area (Å²) in [7, 11) is 1.24. The first-order valence-electron chi connectivity index (χ1n) is 7.46. The lowest BCUT2D eigenvalue weighted by molar-refractivity contribution is -0.242. The van der Waals surface area contributed by atoms with E-state index in [9.17, 15) is 27.9 Å². The first-order chi connectivity index (χ1) is 12.1. The zero-order valence-electron chi connectivity index (χ0n) is 13.9. The Kier molecular flexibility index (Phi) is 5.36. The molecule has 0 saturated carbocycles. The topological polar surface area (TPSA) is 75.6 Å². The van der Waals surface area contributed by atoms with Crippen LogP contribution in [0.1, 0.15) is 22.8 Å². The molecule has 2 aromatic carbocycles. The zero-order chi connectivity index (χ0) is 19.5. The fourth-order valence-electron chi connectivity index (χ4n) is 2.06. The second-order valence-corrected chi connectivity index (χ2v) is 5.63.